The molecule has 6 rings (SSSR count). The topological polar surface area (TPSA) is 82.2 Å². The fourth-order valence-corrected chi connectivity index (χ4v) is 10.1. The Balaban J connectivity index is 1.07. The van der Waals surface area contributed by atoms with Crippen LogP contribution in [0.15, 0.2) is 11.6 Å². The molecule has 0 bridgehead atoms. The minimum absolute atomic E-state index is 0.0118. The molecular weight excluding hydrogens is 573 g/mol. The predicted molar refractivity (Wildman–Crippen MR) is 174 cm³/mol. The second kappa shape index (κ2) is 13.3. The number of ketones is 1. The summed E-state index contributed by atoms with van der Waals surface area (Å²) in [5.74, 6) is -0.694. The van der Waals surface area contributed by atoms with E-state index in [1.807, 2.05) is 0 Å². The van der Waals surface area contributed by atoms with Crippen LogP contribution in [0.2, 0.25) is 0 Å². The van der Waals surface area contributed by atoms with Gasteiger partial charge >= 0.3 is 6.18 Å². The lowest BCUT2D eigenvalue weighted by molar-refractivity contribution is -0.201. The van der Waals surface area contributed by atoms with Gasteiger partial charge < -0.3 is 11.1 Å². The first-order valence-corrected chi connectivity index (χ1v) is 18.4. The molecule has 45 heavy (non-hydrogen) atoms. The fraction of sp³-hybridized carbons (Fsp3) is 0.892. The molecule has 0 radical (unpaired) electrons. The van der Waals surface area contributed by atoms with E-state index in [0.717, 1.165) is 89.4 Å². The van der Waals surface area contributed by atoms with Gasteiger partial charge in [0.1, 0.15) is 0 Å². The molecule has 4 N–H and O–H groups in total. The lowest BCUT2D eigenvalue weighted by Crippen LogP contribution is -2.53. The van der Waals surface area contributed by atoms with Crippen molar-refractivity contribution < 1.29 is 18.0 Å². The molecule has 0 amide bonds. The van der Waals surface area contributed by atoms with Gasteiger partial charge in [0.05, 0.1) is 18.1 Å². The molecule has 0 aromatic carbocycles. The number of fused-ring (bicyclic) bond motifs is 1. The number of halogens is 3. The third kappa shape index (κ3) is 7.43. The fourth-order valence-electron chi connectivity index (χ4n) is 10.1. The maximum atomic E-state index is 14.4. The van der Waals surface area contributed by atoms with Crippen LogP contribution in [0.3, 0.4) is 0 Å². The standard InChI is InChI=1S/C37H59F3N4O/c1-22-6-8-27(19-29(22)31-21-43-35-28(5-4-18-44(31)35)32(41)25-11-12-25)34(45)33(42)26-13-10-24(30(20-26)37(38,39)40)9-7-23-14-16-36(2,3)17-15-23/h7,22,24-31,33,35,41,43H,4-6,8-21,42H2,1-3H3. The molecule has 2 saturated heterocycles. The Hall–Kier alpha value is -1.25. The molecular formula is C37H59F3N4O. The van der Waals surface area contributed by atoms with Gasteiger partial charge in [0.15, 0.2) is 5.78 Å². The highest BCUT2D eigenvalue weighted by Gasteiger charge is 2.51. The zero-order chi connectivity index (χ0) is 32.1. The smallest absolute Gasteiger partial charge is 0.321 e. The molecule has 0 aromatic rings. The van der Waals surface area contributed by atoms with E-state index in [0.29, 0.717) is 54.4 Å². The number of alkyl halides is 3. The first kappa shape index (κ1) is 33.6. The van der Waals surface area contributed by atoms with Gasteiger partial charge in [-0.1, -0.05) is 32.4 Å². The summed E-state index contributed by atoms with van der Waals surface area (Å²) >= 11 is 0. The summed E-state index contributed by atoms with van der Waals surface area (Å²) in [7, 11) is 0. The lowest BCUT2D eigenvalue weighted by atomic mass is 9.66. The summed E-state index contributed by atoms with van der Waals surface area (Å²) in [6.45, 7) is 8.79. The highest BCUT2D eigenvalue weighted by molar-refractivity contribution is 5.88. The number of allylic oxidation sites excluding steroid dienone is 2. The third-order valence-electron chi connectivity index (χ3n) is 13.4. The molecule has 4 saturated carbocycles. The quantitative estimate of drug-likeness (QED) is 0.188. The van der Waals surface area contributed by atoms with Gasteiger partial charge in [-0.2, -0.15) is 13.2 Å². The van der Waals surface area contributed by atoms with E-state index in [1.54, 1.807) is 0 Å². The van der Waals surface area contributed by atoms with Crippen molar-refractivity contribution in [3.8, 4) is 0 Å². The number of nitrogens with one attached hydrogen (secondary N) is 2. The summed E-state index contributed by atoms with van der Waals surface area (Å²) in [4.78, 5) is 16.5. The number of rotatable bonds is 8. The van der Waals surface area contributed by atoms with E-state index >= 15 is 0 Å². The normalized spacial score (nSPS) is 40.1. The number of Topliss-reactive ketones (excluding diaryl/α,β-unsaturated/α-hetero) is 1. The van der Waals surface area contributed by atoms with Gasteiger partial charge in [0.25, 0.3) is 0 Å². The van der Waals surface area contributed by atoms with Crippen LogP contribution in [0, 0.1) is 58.2 Å². The number of carbonyl (C=O) groups excluding carboxylic acids is 1. The number of nitrogens with two attached hydrogens (primary N) is 1. The molecule has 4 aliphatic carbocycles. The first-order chi connectivity index (χ1) is 21.3. The number of piperidine rings is 1. The summed E-state index contributed by atoms with van der Waals surface area (Å²) in [5, 5.41) is 12.6. The molecule has 10 atom stereocenters. The lowest BCUT2D eigenvalue weighted by Gasteiger charge is -2.45. The van der Waals surface area contributed by atoms with Crippen LogP contribution in [-0.2, 0) is 4.79 Å². The first-order valence-electron chi connectivity index (χ1n) is 18.4. The molecule has 254 valence electrons. The Kier molecular flexibility index (Phi) is 9.97. The van der Waals surface area contributed by atoms with Crippen LogP contribution >= 0.6 is 0 Å². The molecule has 2 heterocycles. The van der Waals surface area contributed by atoms with E-state index in [4.69, 9.17) is 11.1 Å². The number of hydrogen-bond donors (Lipinski definition) is 3. The largest absolute Gasteiger partial charge is 0.392 e. The SMILES string of the molecule is CC1CCC(C(=O)C(N)C2CCC(CC=C3CCC(C)(C)CC3)C(C(F)(F)F)C2)CC1C1CNC2C(C(=N)C3CC3)CCCN12. The highest BCUT2D eigenvalue weighted by Crippen LogP contribution is 2.48. The minimum atomic E-state index is -4.27. The number of hydrogen-bond acceptors (Lipinski definition) is 5. The third-order valence-corrected chi connectivity index (χ3v) is 13.4. The van der Waals surface area contributed by atoms with Gasteiger partial charge in [-0.05, 0) is 131 Å². The van der Waals surface area contributed by atoms with E-state index in [-0.39, 0.29) is 24.3 Å². The van der Waals surface area contributed by atoms with E-state index < -0.39 is 30.0 Å². The summed E-state index contributed by atoms with van der Waals surface area (Å²) in [6, 6.07) is -0.456. The Morgan fingerprint density at radius 1 is 1.07 bits per heavy atom. The van der Waals surface area contributed by atoms with Crippen LogP contribution in [0.25, 0.3) is 0 Å². The number of nitrogens with zero attached hydrogens (tertiary/aromatic N) is 1. The maximum absolute atomic E-state index is 14.4. The zero-order valence-electron chi connectivity index (χ0n) is 28.0. The van der Waals surface area contributed by atoms with Crippen LogP contribution < -0.4 is 11.1 Å². The molecule has 6 fully saturated rings. The van der Waals surface area contributed by atoms with Crippen molar-refractivity contribution in [2.24, 2.45) is 58.5 Å². The molecule has 0 aromatic heterocycles. The van der Waals surface area contributed by atoms with Crippen molar-refractivity contribution in [2.75, 3.05) is 13.1 Å². The van der Waals surface area contributed by atoms with Crippen LogP contribution in [-0.4, -0.2) is 53.9 Å². The van der Waals surface area contributed by atoms with Gasteiger partial charge in [0, 0.05) is 36.7 Å². The maximum Gasteiger partial charge on any atom is 0.392 e. The predicted octanol–water partition coefficient (Wildman–Crippen LogP) is 7.89. The molecule has 8 heteroatoms. The van der Waals surface area contributed by atoms with Crippen molar-refractivity contribution in [1.82, 2.24) is 10.2 Å². The Morgan fingerprint density at radius 2 is 1.78 bits per heavy atom. The Labute approximate surface area is 269 Å². The van der Waals surface area contributed by atoms with Gasteiger partial charge in [-0.3, -0.25) is 15.0 Å². The molecule has 5 nitrogen and oxygen atoms in total. The number of carbonyl (C=O) groups is 1. The van der Waals surface area contributed by atoms with Crippen molar-refractivity contribution in [3.05, 3.63) is 11.6 Å². The van der Waals surface area contributed by atoms with E-state index in [1.165, 1.54) is 5.57 Å². The molecule has 10 unspecified atom stereocenters. The van der Waals surface area contributed by atoms with Crippen molar-refractivity contribution in [2.45, 2.75) is 142 Å². The van der Waals surface area contributed by atoms with Crippen molar-refractivity contribution in [3.63, 3.8) is 0 Å². The monoisotopic (exact) mass is 632 g/mol. The Morgan fingerprint density at radius 3 is 2.47 bits per heavy atom. The average molecular weight is 633 g/mol. The van der Waals surface area contributed by atoms with Crippen molar-refractivity contribution in [1.29, 1.82) is 5.41 Å². The van der Waals surface area contributed by atoms with Gasteiger partial charge in [-0.15, -0.1) is 0 Å². The molecule has 2 aliphatic heterocycles. The second-order valence-corrected chi connectivity index (χ2v) is 17.0. The Bertz CT molecular complexity index is 1100. The summed E-state index contributed by atoms with van der Waals surface area (Å²) in [5.41, 5.74) is 9.24. The summed E-state index contributed by atoms with van der Waals surface area (Å²) < 4.78 is 43.2. The van der Waals surface area contributed by atoms with Crippen molar-refractivity contribution >= 4 is 11.5 Å². The van der Waals surface area contributed by atoms with Crippen LogP contribution in [0.1, 0.15) is 117 Å². The van der Waals surface area contributed by atoms with Crippen LogP contribution in [0.5, 0.6) is 0 Å². The minimum Gasteiger partial charge on any atom is -0.321 e. The average Bonchev–Trinajstić information content (AvgIpc) is 3.78. The zero-order valence-corrected chi connectivity index (χ0v) is 28.0. The molecule has 6 aliphatic rings. The van der Waals surface area contributed by atoms with Gasteiger partial charge in [0.2, 0.25) is 0 Å². The summed E-state index contributed by atoms with van der Waals surface area (Å²) in [6.07, 6.45) is 11.0. The van der Waals surface area contributed by atoms with Crippen LogP contribution in [0.4, 0.5) is 13.2 Å². The van der Waals surface area contributed by atoms with E-state index in [2.05, 4.69) is 37.1 Å². The highest BCUT2D eigenvalue weighted by atomic mass is 19.4. The second-order valence-electron chi connectivity index (χ2n) is 17.0. The van der Waals surface area contributed by atoms with Gasteiger partial charge in [-0.25, -0.2) is 0 Å². The molecule has 0 spiro atoms. The van der Waals surface area contributed by atoms with E-state index in [9.17, 15) is 18.0 Å².